The van der Waals surface area contributed by atoms with Crippen LogP contribution in [0.2, 0.25) is 0 Å². The van der Waals surface area contributed by atoms with Crippen LogP contribution in [0.3, 0.4) is 0 Å². The highest BCUT2D eigenvalue weighted by molar-refractivity contribution is 5.80. The average Bonchev–Trinajstić information content (AvgIpc) is 3.03. The van der Waals surface area contributed by atoms with E-state index in [-0.39, 0.29) is 0 Å². The van der Waals surface area contributed by atoms with Crippen molar-refractivity contribution in [2.24, 2.45) is 10.9 Å². The Balaban J connectivity index is 1.89. The number of rotatable bonds is 2. The molecule has 1 aliphatic heterocycles. The van der Waals surface area contributed by atoms with E-state index in [0.29, 0.717) is 6.04 Å². The molecule has 0 saturated heterocycles. The molecule has 1 N–H and O–H groups in total. The molecular formula is C12H14N2. The van der Waals surface area contributed by atoms with Crippen molar-refractivity contribution in [1.82, 2.24) is 0 Å². The fourth-order valence-corrected chi connectivity index (χ4v) is 2.05. The van der Waals surface area contributed by atoms with Gasteiger partial charge in [-0.2, -0.15) is 0 Å². The lowest BCUT2D eigenvalue weighted by atomic mass is 9.99. The second kappa shape index (κ2) is 3.12. The predicted octanol–water partition coefficient (Wildman–Crippen LogP) is 2.98. The smallest absolute Gasteiger partial charge is 0.0875 e. The summed E-state index contributed by atoms with van der Waals surface area (Å²) in [6, 6.07) is 8.88. The van der Waals surface area contributed by atoms with Crippen LogP contribution in [0.25, 0.3) is 0 Å². The van der Waals surface area contributed by atoms with Crippen molar-refractivity contribution >= 4 is 12.0 Å². The van der Waals surface area contributed by atoms with E-state index < -0.39 is 0 Å². The van der Waals surface area contributed by atoms with Crippen molar-refractivity contribution in [3.05, 3.63) is 29.8 Å². The number of nitrogens with one attached hydrogen (secondary N) is 1. The fourth-order valence-electron chi connectivity index (χ4n) is 2.05. The molecule has 14 heavy (non-hydrogen) atoms. The molecule has 72 valence electrons. The summed E-state index contributed by atoms with van der Waals surface area (Å²) in [6.07, 6.45) is 5.88. The molecule has 1 heterocycles. The minimum absolute atomic E-state index is 0.403. The van der Waals surface area contributed by atoms with Crippen LogP contribution in [0.5, 0.6) is 0 Å². The standard InChI is InChI=1S/C12H14N2/c1-2-4-11-10(3-1)12(14-8-13-11)7-9-5-6-9/h1-4,8-9,12H,5-7H2,(H,13,14). The number of aliphatic imine (C=N–C) groups is 1. The van der Waals surface area contributed by atoms with Gasteiger partial charge in [0.15, 0.2) is 0 Å². The maximum atomic E-state index is 4.51. The van der Waals surface area contributed by atoms with Crippen molar-refractivity contribution in [2.45, 2.75) is 25.3 Å². The number of hydrogen-bond donors (Lipinski definition) is 1. The van der Waals surface area contributed by atoms with Crippen molar-refractivity contribution in [3.63, 3.8) is 0 Å². The third kappa shape index (κ3) is 1.41. The van der Waals surface area contributed by atoms with Gasteiger partial charge in [0.25, 0.3) is 0 Å². The van der Waals surface area contributed by atoms with Crippen molar-refractivity contribution in [3.8, 4) is 0 Å². The third-order valence-corrected chi connectivity index (χ3v) is 3.05. The third-order valence-electron chi connectivity index (χ3n) is 3.05. The van der Waals surface area contributed by atoms with Crippen molar-refractivity contribution in [2.75, 3.05) is 5.32 Å². The molecule has 0 spiro atoms. The number of para-hydroxylation sites is 1. The molecule has 3 rings (SSSR count). The Bertz CT molecular complexity index is 366. The quantitative estimate of drug-likeness (QED) is 0.754. The van der Waals surface area contributed by atoms with Gasteiger partial charge in [-0.15, -0.1) is 0 Å². The first-order valence-electron chi connectivity index (χ1n) is 5.30. The van der Waals surface area contributed by atoms with Gasteiger partial charge in [-0.3, -0.25) is 4.99 Å². The molecule has 1 aromatic rings. The summed E-state index contributed by atoms with van der Waals surface area (Å²) in [5.74, 6) is 0.934. The first-order chi connectivity index (χ1) is 6.93. The van der Waals surface area contributed by atoms with E-state index in [2.05, 4.69) is 34.6 Å². The highest BCUT2D eigenvalue weighted by Crippen LogP contribution is 2.41. The van der Waals surface area contributed by atoms with E-state index in [9.17, 15) is 0 Å². The molecule has 1 aliphatic carbocycles. The van der Waals surface area contributed by atoms with Crippen LogP contribution in [-0.4, -0.2) is 6.34 Å². The lowest BCUT2D eigenvalue weighted by Gasteiger charge is -2.20. The topological polar surface area (TPSA) is 24.4 Å². The monoisotopic (exact) mass is 186 g/mol. The molecule has 2 heteroatoms. The Morgan fingerprint density at radius 2 is 2.14 bits per heavy atom. The molecule has 2 aliphatic rings. The van der Waals surface area contributed by atoms with Crippen LogP contribution in [0.4, 0.5) is 5.69 Å². The molecule has 0 radical (unpaired) electrons. The maximum absolute atomic E-state index is 4.51. The SMILES string of the molecule is C1=NC(CC2CC2)c2ccccc2N1. The molecule has 0 amide bonds. The Morgan fingerprint density at radius 3 is 3.00 bits per heavy atom. The van der Waals surface area contributed by atoms with E-state index in [1.54, 1.807) is 0 Å². The van der Waals surface area contributed by atoms with Crippen LogP contribution in [0.1, 0.15) is 30.9 Å². The lowest BCUT2D eigenvalue weighted by molar-refractivity contribution is 0.599. The molecule has 0 aromatic heterocycles. The van der Waals surface area contributed by atoms with Gasteiger partial charge in [-0.1, -0.05) is 31.0 Å². The highest BCUT2D eigenvalue weighted by Gasteiger charge is 2.27. The van der Waals surface area contributed by atoms with Crippen LogP contribution in [0.15, 0.2) is 29.3 Å². The second-order valence-electron chi connectivity index (χ2n) is 4.20. The number of benzene rings is 1. The van der Waals surface area contributed by atoms with Crippen LogP contribution < -0.4 is 5.32 Å². The van der Waals surface area contributed by atoms with E-state index in [1.807, 2.05) is 6.34 Å². The maximum Gasteiger partial charge on any atom is 0.0875 e. The Morgan fingerprint density at radius 1 is 1.29 bits per heavy atom. The summed E-state index contributed by atoms with van der Waals surface area (Å²) in [4.78, 5) is 4.51. The summed E-state index contributed by atoms with van der Waals surface area (Å²) in [6.45, 7) is 0. The predicted molar refractivity (Wildman–Crippen MR) is 58.6 cm³/mol. The minimum atomic E-state index is 0.403. The number of anilines is 1. The van der Waals surface area contributed by atoms with Gasteiger partial charge in [-0.05, 0) is 18.4 Å². The number of hydrogen-bond acceptors (Lipinski definition) is 2. The molecule has 2 nitrogen and oxygen atoms in total. The molecule has 1 atom stereocenters. The van der Waals surface area contributed by atoms with Crippen molar-refractivity contribution in [1.29, 1.82) is 0 Å². The molecule has 1 fully saturated rings. The van der Waals surface area contributed by atoms with Gasteiger partial charge < -0.3 is 5.32 Å². The highest BCUT2D eigenvalue weighted by atomic mass is 15.0. The van der Waals surface area contributed by atoms with Crippen LogP contribution in [-0.2, 0) is 0 Å². The van der Waals surface area contributed by atoms with E-state index >= 15 is 0 Å². The zero-order valence-corrected chi connectivity index (χ0v) is 8.11. The van der Waals surface area contributed by atoms with Gasteiger partial charge in [0.1, 0.15) is 0 Å². The molecule has 1 saturated carbocycles. The number of nitrogens with zero attached hydrogens (tertiary/aromatic N) is 1. The zero-order valence-electron chi connectivity index (χ0n) is 8.11. The van der Waals surface area contributed by atoms with Gasteiger partial charge in [0.05, 0.1) is 12.4 Å². The van der Waals surface area contributed by atoms with Gasteiger partial charge in [-0.25, -0.2) is 0 Å². The van der Waals surface area contributed by atoms with E-state index in [4.69, 9.17) is 0 Å². The summed E-state index contributed by atoms with van der Waals surface area (Å²) in [7, 11) is 0. The Hall–Kier alpha value is -1.31. The summed E-state index contributed by atoms with van der Waals surface area (Å²) in [5, 5.41) is 3.19. The minimum Gasteiger partial charge on any atom is -0.346 e. The van der Waals surface area contributed by atoms with Crippen LogP contribution >= 0.6 is 0 Å². The van der Waals surface area contributed by atoms with Gasteiger partial charge >= 0.3 is 0 Å². The normalized spacial score (nSPS) is 24.1. The molecule has 0 bridgehead atoms. The number of fused-ring (bicyclic) bond motifs is 1. The summed E-state index contributed by atoms with van der Waals surface area (Å²) in [5.41, 5.74) is 2.59. The summed E-state index contributed by atoms with van der Waals surface area (Å²) < 4.78 is 0. The Kier molecular flexibility index (Phi) is 1.79. The van der Waals surface area contributed by atoms with Gasteiger partial charge in [0.2, 0.25) is 0 Å². The largest absolute Gasteiger partial charge is 0.346 e. The van der Waals surface area contributed by atoms with E-state index in [0.717, 1.165) is 5.92 Å². The fraction of sp³-hybridized carbons (Fsp3) is 0.417. The zero-order chi connectivity index (χ0) is 9.38. The van der Waals surface area contributed by atoms with Crippen molar-refractivity contribution < 1.29 is 0 Å². The van der Waals surface area contributed by atoms with E-state index in [1.165, 1.54) is 30.5 Å². The second-order valence-corrected chi connectivity index (χ2v) is 4.20. The van der Waals surface area contributed by atoms with Gasteiger partial charge in [0, 0.05) is 11.3 Å². The Labute approximate surface area is 84.1 Å². The summed E-state index contributed by atoms with van der Waals surface area (Å²) >= 11 is 0. The molecular weight excluding hydrogens is 172 g/mol. The lowest BCUT2D eigenvalue weighted by Crippen LogP contribution is -2.10. The molecule has 1 aromatic carbocycles. The molecule has 1 unspecified atom stereocenters. The first-order valence-corrected chi connectivity index (χ1v) is 5.30. The van der Waals surface area contributed by atoms with Crippen LogP contribution in [0, 0.1) is 5.92 Å². The average molecular weight is 186 g/mol. The first kappa shape index (κ1) is 8.04.